The fourth-order valence-corrected chi connectivity index (χ4v) is 5.50. The van der Waals surface area contributed by atoms with Crippen molar-refractivity contribution in [1.29, 1.82) is 0 Å². The van der Waals surface area contributed by atoms with E-state index in [1.54, 1.807) is 18.2 Å². The van der Waals surface area contributed by atoms with Crippen molar-refractivity contribution < 1.29 is 18.8 Å². The Morgan fingerprint density at radius 3 is 2.17 bits per heavy atom. The Morgan fingerprint density at radius 2 is 1.53 bits per heavy atom. The van der Waals surface area contributed by atoms with Crippen LogP contribution in [0.3, 0.4) is 0 Å². The minimum absolute atomic E-state index is 0.00499. The van der Waals surface area contributed by atoms with E-state index in [0.717, 1.165) is 12.1 Å². The molecule has 0 saturated heterocycles. The summed E-state index contributed by atoms with van der Waals surface area (Å²) in [5.41, 5.74) is 1.03. The van der Waals surface area contributed by atoms with Gasteiger partial charge in [0, 0.05) is 27.2 Å². The third-order valence-corrected chi connectivity index (χ3v) is 7.37. The van der Waals surface area contributed by atoms with E-state index < -0.39 is 39.6 Å². The van der Waals surface area contributed by atoms with Crippen molar-refractivity contribution in [3.8, 4) is 0 Å². The fraction of sp³-hybridized carbons (Fsp3) is 0.160. The Kier molecular flexibility index (Phi) is 7.56. The number of anilines is 2. The number of nitrogens with one attached hydrogen (secondary N) is 2. The maximum Gasteiger partial charge on any atom is 0.257 e. The molecule has 186 valence electrons. The standard InChI is InChI=1S/C25H16Cl5FN2O3/c1-11(34)17-9-15(31)2-5-20(17)33-23(35)18-10-16(3-4-19(18)28)32-24(36)22-21(25(22,29)30)12-6-13(26)8-14(27)7-12/h2-10,21-22H,1H3,(H,32,36)(H,33,35)/t21-,22+/m0/s1. The molecule has 0 unspecified atom stereocenters. The first kappa shape index (κ1) is 26.7. The van der Waals surface area contributed by atoms with Crippen molar-refractivity contribution >= 4 is 87.0 Å². The molecule has 0 bridgehead atoms. The van der Waals surface area contributed by atoms with Crippen LogP contribution >= 0.6 is 58.0 Å². The number of hydrogen-bond donors (Lipinski definition) is 2. The van der Waals surface area contributed by atoms with Crippen LogP contribution in [0.25, 0.3) is 0 Å². The number of carbonyl (C=O) groups is 3. The average molecular weight is 589 g/mol. The van der Waals surface area contributed by atoms with Gasteiger partial charge < -0.3 is 10.6 Å². The van der Waals surface area contributed by atoms with Gasteiger partial charge in [-0.05, 0) is 67.1 Å². The van der Waals surface area contributed by atoms with Crippen LogP contribution in [0.2, 0.25) is 15.1 Å². The zero-order valence-corrected chi connectivity index (χ0v) is 22.1. The summed E-state index contributed by atoms with van der Waals surface area (Å²) in [4.78, 5) is 37.7. The topological polar surface area (TPSA) is 75.3 Å². The van der Waals surface area contributed by atoms with Crippen molar-refractivity contribution in [1.82, 2.24) is 0 Å². The van der Waals surface area contributed by atoms with E-state index in [1.165, 1.54) is 31.2 Å². The third-order valence-electron chi connectivity index (χ3n) is 5.67. The molecule has 0 aliphatic heterocycles. The molecule has 2 atom stereocenters. The van der Waals surface area contributed by atoms with Gasteiger partial charge in [0.15, 0.2) is 5.78 Å². The van der Waals surface area contributed by atoms with E-state index in [1.807, 2.05) is 0 Å². The Morgan fingerprint density at radius 1 is 0.861 bits per heavy atom. The highest BCUT2D eigenvalue weighted by Gasteiger charge is 2.67. The number of Topliss-reactive ketones (excluding diaryl/α,β-unsaturated/α-hetero) is 1. The molecular weight excluding hydrogens is 573 g/mol. The third kappa shape index (κ3) is 5.48. The largest absolute Gasteiger partial charge is 0.326 e. The fourth-order valence-electron chi connectivity index (χ4n) is 3.93. The summed E-state index contributed by atoms with van der Waals surface area (Å²) in [5.74, 6) is -3.54. The lowest BCUT2D eigenvalue weighted by atomic mass is 10.1. The van der Waals surface area contributed by atoms with Gasteiger partial charge in [0.25, 0.3) is 5.91 Å². The Hall–Kier alpha value is -2.35. The predicted octanol–water partition coefficient (Wildman–Crippen LogP) is 7.77. The number of carbonyl (C=O) groups excluding carboxylic acids is 3. The van der Waals surface area contributed by atoms with Crippen LogP contribution in [0.1, 0.15) is 39.1 Å². The molecule has 1 saturated carbocycles. The number of alkyl halides is 2. The van der Waals surface area contributed by atoms with Crippen LogP contribution in [0, 0.1) is 11.7 Å². The summed E-state index contributed by atoms with van der Waals surface area (Å²) in [6.07, 6.45) is 0. The first-order valence-electron chi connectivity index (χ1n) is 10.4. The summed E-state index contributed by atoms with van der Waals surface area (Å²) in [6, 6.07) is 12.6. The molecular formula is C25H16Cl5FN2O3. The van der Waals surface area contributed by atoms with Crippen molar-refractivity contribution in [2.24, 2.45) is 5.92 Å². The number of amides is 2. The molecule has 3 aromatic rings. The molecule has 2 amide bonds. The lowest BCUT2D eigenvalue weighted by molar-refractivity contribution is -0.117. The van der Waals surface area contributed by atoms with Gasteiger partial charge in [0.1, 0.15) is 10.2 Å². The molecule has 0 radical (unpaired) electrons. The maximum atomic E-state index is 13.5. The Balaban J connectivity index is 1.53. The van der Waals surface area contributed by atoms with E-state index in [9.17, 15) is 18.8 Å². The molecule has 0 heterocycles. The molecule has 1 aliphatic carbocycles. The van der Waals surface area contributed by atoms with Gasteiger partial charge in [0.2, 0.25) is 5.91 Å². The average Bonchev–Trinajstić information content (AvgIpc) is 3.37. The number of benzene rings is 3. The van der Waals surface area contributed by atoms with Crippen LogP contribution in [-0.2, 0) is 4.79 Å². The van der Waals surface area contributed by atoms with Gasteiger partial charge in [-0.1, -0.05) is 34.8 Å². The van der Waals surface area contributed by atoms with Gasteiger partial charge >= 0.3 is 0 Å². The van der Waals surface area contributed by atoms with Crippen molar-refractivity contribution in [2.75, 3.05) is 10.6 Å². The highest BCUT2D eigenvalue weighted by atomic mass is 35.5. The minimum atomic E-state index is -1.38. The lowest BCUT2D eigenvalue weighted by Gasteiger charge is -2.12. The minimum Gasteiger partial charge on any atom is -0.326 e. The predicted molar refractivity (Wildman–Crippen MR) is 142 cm³/mol. The zero-order valence-electron chi connectivity index (χ0n) is 18.3. The van der Waals surface area contributed by atoms with Gasteiger partial charge in [0.05, 0.1) is 22.2 Å². The molecule has 4 rings (SSSR count). The normalized spacial score (nSPS) is 17.9. The second kappa shape index (κ2) is 10.2. The van der Waals surface area contributed by atoms with Crippen molar-refractivity contribution in [2.45, 2.75) is 17.2 Å². The van der Waals surface area contributed by atoms with E-state index in [-0.39, 0.29) is 27.5 Å². The van der Waals surface area contributed by atoms with Crippen LogP contribution in [-0.4, -0.2) is 21.9 Å². The number of ketones is 1. The van der Waals surface area contributed by atoms with Gasteiger partial charge in [-0.3, -0.25) is 14.4 Å². The molecule has 5 nitrogen and oxygen atoms in total. The molecule has 3 aromatic carbocycles. The number of rotatable bonds is 6. The second-order valence-corrected chi connectivity index (χ2v) is 10.9. The van der Waals surface area contributed by atoms with Crippen LogP contribution in [0.15, 0.2) is 54.6 Å². The van der Waals surface area contributed by atoms with Gasteiger partial charge in [-0.2, -0.15) is 0 Å². The van der Waals surface area contributed by atoms with E-state index in [4.69, 9.17) is 58.0 Å². The second-order valence-electron chi connectivity index (χ2n) is 8.22. The summed E-state index contributed by atoms with van der Waals surface area (Å²) in [7, 11) is 0. The Labute approximate surface area is 230 Å². The maximum absolute atomic E-state index is 13.5. The molecule has 0 spiro atoms. The monoisotopic (exact) mass is 586 g/mol. The Bertz CT molecular complexity index is 1390. The van der Waals surface area contributed by atoms with E-state index in [2.05, 4.69) is 10.6 Å². The van der Waals surface area contributed by atoms with E-state index >= 15 is 0 Å². The molecule has 1 aliphatic rings. The summed E-state index contributed by atoms with van der Waals surface area (Å²) in [5, 5.41) is 6.11. The first-order valence-corrected chi connectivity index (χ1v) is 12.3. The summed E-state index contributed by atoms with van der Waals surface area (Å²) >= 11 is 31.1. The number of halogens is 6. The van der Waals surface area contributed by atoms with Gasteiger partial charge in [-0.15, -0.1) is 23.2 Å². The molecule has 1 fully saturated rings. The van der Waals surface area contributed by atoms with Crippen molar-refractivity contribution in [3.63, 3.8) is 0 Å². The lowest BCUT2D eigenvalue weighted by Crippen LogP contribution is -2.18. The summed E-state index contributed by atoms with van der Waals surface area (Å²) < 4.78 is 12.2. The van der Waals surface area contributed by atoms with Gasteiger partial charge in [-0.25, -0.2) is 4.39 Å². The highest BCUT2D eigenvalue weighted by molar-refractivity contribution is 6.53. The quantitative estimate of drug-likeness (QED) is 0.228. The first-order chi connectivity index (χ1) is 16.9. The smallest absolute Gasteiger partial charge is 0.257 e. The zero-order chi connectivity index (χ0) is 26.4. The SMILES string of the molecule is CC(=O)c1cc(F)ccc1NC(=O)c1cc(NC(=O)[C@H]2[C@H](c3cc(Cl)cc(Cl)c3)C2(Cl)Cl)ccc1Cl. The van der Waals surface area contributed by atoms with Crippen molar-refractivity contribution in [3.05, 3.63) is 92.2 Å². The molecule has 36 heavy (non-hydrogen) atoms. The number of hydrogen-bond acceptors (Lipinski definition) is 3. The van der Waals surface area contributed by atoms with Crippen LogP contribution in [0.4, 0.5) is 15.8 Å². The summed E-state index contributed by atoms with van der Waals surface area (Å²) in [6.45, 7) is 1.25. The molecule has 11 heteroatoms. The van der Waals surface area contributed by atoms with E-state index in [0.29, 0.717) is 15.6 Å². The van der Waals surface area contributed by atoms with Crippen LogP contribution in [0.5, 0.6) is 0 Å². The van der Waals surface area contributed by atoms with Crippen LogP contribution < -0.4 is 10.6 Å². The molecule has 2 N–H and O–H groups in total. The molecule has 0 aromatic heterocycles. The highest BCUT2D eigenvalue weighted by Crippen LogP contribution is 2.65.